The van der Waals surface area contributed by atoms with Gasteiger partial charge in [0.25, 0.3) is 0 Å². The second kappa shape index (κ2) is 6.99. The third-order valence-electron chi connectivity index (χ3n) is 3.62. The SMILES string of the molecule is O=C1OC(CNS(=O)(=O)c2ccccc2F)CN1c1cccc(Cl)c1. The van der Waals surface area contributed by atoms with E-state index in [9.17, 15) is 17.6 Å². The molecule has 3 rings (SSSR count). The van der Waals surface area contributed by atoms with Gasteiger partial charge >= 0.3 is 6.09 Å². The Morgan fingerprint density at radius 3 is 2.72 bits per heavy atom. The number of nitrogens with one attached hydrogen (secondary N) is 1. The first-order valence-electron chi connectivity index (χ1n) is 7.35. The van der Waals surface area contributed by atoms with Crippen LogP contribution in [0.5, 0.6) is 0 Å². The van der Waals surface area contributed by atoms with E-state index in [0.29, 0.717) is 10.7 Å². The molecule has 0 aromatic heterocycles. The van der Waals surface area contributed by atoms with E-state index in [1.165, 1.54) is 17.0 Å². The van der Waals surface area contributed by atoms with Crippen molar-refractivity contribution < 1.29 is 22.3 Å². The predicted octanol–water partition coefficient (Wildman–Crippen LogP) is 2.78. The molecule has 0 radical (unpaired) electrons. The molecular formula is C16H14ClFN2O4S. The van der Waals surface area contributed by atoms with Crippen molar-refractivity contribution in [2.24, 2.45) is 0 Å². The highest BCUT2D eigenvalue weighted by molar-refractivity contribution is 7.89. The summed E-state index contributed by atoms with van der Waals surface area (Å²) in [7, 11) is -4.04. The van der Waals surface area contributed by atoms with Crippen LogP contribution in [0.3, 0.4) is 0 Å². The van der Waals surface area contributed by atoms with Gasteiger partial charge in [0.05, 0.1) is 6.54 Å². The minimum atomic E-state index is -4.04. The third-order valence-corrected chi connectivity index (χ3v) is 5.31. The highest BCUT2D eigenvalue weighted by Crippen LogP contribution is 2.24. The molecule has 0 bridgehead atoms. The van der Waals surface area contributed by atoms with Crippen LogP contribution in [0, 0.1) is 5.82 Å². The molecule has 2 aromatic carbocycles. The summed E-state index contributed by atoms with van der Waals surface area (Å²) in [4.78, 5) is 12.9. The number of cyclic esters (lactones) is 1. The number of benzene rings is 2. The maximum atomic E-state index is 13.6. The Bertz CT molecular complexity index is 907. The molecule has 1 aliphatic heterocycles. The fourth-order valence-electron chi connectivity index (χ4n) is 2.43. The van der Waals surface area contributed by atoms with Gasteiger partial charge in [-0.2, -0.15) is 0 Å². The lowest BCUT2D eigenvalue weighted by Crippen LogP contribution is -2.35. The normalized spacial score (nSPS) is 17.6. The monoisotopic (exact) mass is 384 g/mol. The van der Waals surface area contributed by atoms with Crippen molar-refractivity contribution in [3.8, 4) is 0 Å². The fourth-order valence-corrected chi connectivity index (χ4v) is 3.75. The van der Waals surface area contributed by atoms with E-state index < -0.39 is 32.9 Å². The van der Waals surface area contributed by atoms with Gasteiger partial charge in [0.2, 0.25) is 10.0 Å². The minimum Gasteiger partial charge on any atom is -0.443 e. The Balaban J connectivity index is 1.67. The van der Waals surface area contributed by atoms with Gasteiger partial charge in [0.15, 0.2) is 0 Å². The zero-order valence-electron chi connectivity index (χ0n) is 12.9. The molecule has 1 unspecified atom stereocenters. The Morgan fingerprint density at radius 2 is 2.00 bits per heavy atom. The molecular weight excluding hydrogens is 371 g/mol. The average molecular weight is 385 g/mol. The zero-order valence-corrected chi connectivity index (χ0v) is 14.4. The number of rotatable bonds is 5. The molecule has 25 heavy (non-hydrogen) atoms. The van der Waals surface area contributed by atoms with E-state index in [4.69, 9.17) is 16.3 Å². The van der Waals surface area contributed by atoms with E-state index in [1.54, 1.807) is 24.3 Å². The van der Waals surface area contributed by atoms with Gasteiger partial charge in [0, 0.05) is 17.3 Å². The van der Waals surface area contributed by atoms with Crippen LogP contribution in [0.25, 0.3) is 0 Å². The summed E-state index contributed by atoms with van der Waals surface area (Å²) in [5, 5.41) is 0.467. The number of amides is 1. The standard InChI is InChI=1S/C16H14ClFN2O4S/c17-11-4-3-5-12(8-11)20-10-13(24-16(20)21)9-19-25(22,23)15-7-2-1-6-14(15)18/h1-8,13,19H,9-10H2. The van der Waals surface area contributed by atoms with Crippen LogP contribution in [0.4, 0.5) is 14.9 Å². The number of hydrogen-bond acceptors (Lipinski definition) is 4. The van der Waals surface area contributed by atoms with Gasteiger partial charge in [-0.3, -0.25) is 4.90 Å². The molecule has 2 aromatic rings. The summed E-state index contributed by atoms with van der Waals surface area (Å²) >= 11 is 5.91. The summed E-state index contributed by atoms with van der Waals surface area (Å²) in [6.45, 7) is -0.0154. The molecule has 0 saturated carbocycles. The number of carbonyl (C=O) groups excluding carboxylic acids is 1. The molecule has 0 spiro atoms. The molecule has 1 aliphatic rings. The van der Waals surface area contributed by atoms with Crippen molar-refractivity contribution in [1.82, 2.24) is 4.72 Å². The second-order valence-corrected chi connectivity index (χ2v) is 7.55. The Kier molecular flexibility index (Phi) is 4.94. The number of carbonyl (C=O) groups is 1. The molecule has 132 valence electrons. The van der Waals surface area contributed by atoms with Crippen molar-refractivity contribution in [3.05, 3.63) is 59.4 Å². The third kappa shape index (κ3) is 3.92. The van der Waals surface area contributed by atoms with Gasteiger partial charge in [-0.25, -0.2) is 22.3 Å². The Labute approximate surface area is 149 Å². The minimum absolute atomic E-state index is 0.152. The van der Waals surface area contributed by atoms with Gasteiger partial charge in [-0.1, -0.05) is 29.8 Å². The van der Waals surface area contributed by atoms with Crippen LogP contribution in [-0.4, -0.2) is 33.7 Å². The first kappa shape index (κ1) is 17.7. The van der Waals surface area contributed by atoms with Crippen LogP contribution in [0.1, 0.15) is 0 Å². The smallest absolute Gasteiger partial charge is 0.414 e. The number of nitrogens with zero attached hydrogens (tertiary/aromatic N) is 1. The lowest BCUT2D eigenvalue weighted by Gasteiger charge is -2.13. The maximum absolute atomic E-state index is 13.6. The predicted molar refractivity (Wildman–Crippen MR) is 90.7 cm³/mol. The van der Waals surface area contributed by atoms with Gasteiger partial charge in [-0.15, -0.1) is 0 Å². The molecule has 1 atom stereocenters. The number of anilines is 1. The van der Waals surface area contributed by atoms with E-state index in [-0.39, 0.29) is 13.1 Å². The Hall–Kier alpha value is -2.16. The van der Waals surface area contributed by atoms with E-state index in [2.05, 4.69) is 4.72 Å². The Morgan fingerprint density at radius 1 is 1.24 bits per heavy atom. The number of hydrogen-bond donors (Lipinski definition) is 1. The van der Waals surface area contributed by atoms with Crippen molar-refractivity contribution in [2.75, 3.05) is 18.0 Å². The second-order valence-electron chi connectivity index (χ2n) is 5.38. The van der Waals surface area contributed by atoms with Crippen LogP contribution in [0.2, 0.25) is 5.02 Å². The first-order valence-corrected chi connectivity index (χ1v) is 9.21. The molecule has 0 aliphatic carbocycles. The summed E-state index contributed by atoms with van der Waals surface area (Å²) in [5.74, 6) is -0.848. The van der Waals surface area contributed by atoms with Crippen LogP contribution in [0.15, 0.2) is 53.4 Å². The molecule has 9 heteroatoms. The molecule has 1 saturated heterocycles. The maximum Gasteiger partial charge on any atom is 0.414 e. The summed E-state index contributed by atoms with van der Waals surface area (Å²) in [6.07, 6.45) is -1.30. The number of sulfonamides is 1. The van der Waals surface area contributed by atoms with Crippen molar-refractivity contribution in [3.63, 3.8) is 0 Å². The summed E-state index contributed by atoms with van der Waals surface area (Å²) in [6, 6.07) is 11.7. The fraction of sp³-hybridized carbons (Fsp3) is 0.188. The molecule has 1 fully saturated rings. The quantitative estimate of drug-likeness (QED) is 0.860. The number of ether oxygens (including phenoxy) is 1. The van der Waals surface area contributed by atoms with E-state index in [1.807, 2.05) is 0 Å². The first-order chi connectivity index (χ1) is 11.9. The average Bonchev–Trinajstić information content (AvgIpc) is 2.94. The zero-order chi connectivity index (χ0) is 18.0. The van der Waals surface area contributed by atoms with Crippen LogP contribution < -0.4 is 9.62 Å². The summed E-state index contributed by atoms with van der Waals surface area (Å²) < 4.78 is 45.4. The molecule has 1 heterocycles. The number of halogens is 2. The lowest BCUT2D eigenvalue weighted by atomic mass is 10.3. The van der Waals surface area contributed by atoms with Crippen molar-refractivity contribution in [2.45, 2.75) is 11.0 Å². The summed E-state index contributed by atoms with van der Waals surface area (Å²) in [5.41, 5.74) is 0.553. The highest BCUT2D eigenvalue weighted by Gasteiger charge is 2.33. The van der Waals surface area contributed by atoms with E-state index in [0.717, 1.165) is 12.1 Å². The van der Waals surface area contributed by atoms with E-state index >= 15 is 0 Å². The van der Waals surface area contributed by atoms with Crippen LogP contribution in [-0.2, 0) is 14.8 Å². The van der Waals surface area contributed by atoms with Crippen molar-refractivity contribution in [1.29, 1.82) is 0 Å². The topological polar surface area (TPSA) is 75.7 Å². The largest absolute Gasteiger partial charge is 0.443 e. The van der Waals surface area contributed by atoms with Gasteiger partial charge < -0.3 is 4.74 Å². The molecule has 1 amide bonds. The molecule has 1 N–H and O–H groups in total. The van der Waals surface area contributed by atoms with Crippen molar-refractivity contribution >= 4 is 33.4 Å². The lowest BCUT2D eigenvalue weighted by molar-refractivity contribution is 0.143. The van der Waals surface area contributed by atoms with Gasteiger partial charge in [0.1, 0.15) is 16.8 Å². The van der Waals surface area contributed by atoms with Crippen LogP contribution >= 0.6 is 11.6 Å². The molecule has 6 nitrogen and oxygen atoms in total. The van der Waals surface area contributed by atoms with Gasteiger partial charge in [-0.05, 0) is 30.3 Å². The highest BCUT2D eigenvalue weighted by atomic mass is 35.5.